The first-order valence-electron chi connectivity index (χ1n) is 7.18. The molecule has 7 heteroatoms. The highest BCUT2D eigenvalue weighted by Gasteiger charge is 2.25. The monoisotopic (exact) mass is 327 g/mol. The second-order valence-corrected chi connectivity index (χ2v) is 5.97. The second-order valence-electron chi connectivity index (χ2n) is 5.97. The van der Waals surface area contributed by atoms with E-state index in [-0.39, 0.29) is 30.0 Å². The molecular formula is C15H22ClN3O3. The normalized spacial score (nSPS) is 17.6. The van der Waals surface area contributed by atoms with E-state index in [1.54, 1.807) is 12.1 Å². The Labute approximate surface area is 136 Å². The fourth-order valence-corrected chi connectivity index (χ4v) is 2.63. The number of halogens is 1. The molecular weight excluding hydrogens is 306 g/mol. The van der Waals surface area contributed by atoms with Crippen molar-refractivity contribution in [2.45, 2.75) is 44.7 Å². The van der Waals surface area contributed by atoms with Crippen LogP contribution in [-0.2, 0) is 10.3 Å². The highest BCUT2D eigenvalue weighted by Crippen LogP contribution is 2.23. The SMILES string of the molecule is CC(C)(NC(=O)CC1CCCN1)c1ccc([N+](=O)[O-])cc1.Cl. The number of rotatable bonds is 5. The van der Waals surface area contributed by atoms with E-state index < -0.39 is 10.5 Å². The van der Waals surface area contributed by atoms with Gasteiger partial charge in [0.1, 0.15) is 0 Å². The molecule has 1 unspecified atom stereocenters. The summed E-state index contributed by atoms with van der Waals surface area (Å²) in [5.41, 5.74) is 0.349. The van der Waals surface area contributed by atoms with E-state index in [4.69, 9.17) is 0 Å². The molecule has 6 nitrogen and oxygen atoms in total. The van der Waals surface area contributed by atoms with Crippen LogP contribution in [0.2, 0.25) is 0 Å². The van der Waals surface area contributed by atoms with Crippen molar-refractivity contribution >= 4 is 24.0 Å². The minimum Gasteiger partial charge on any atom is -0.347 e. The lowest BCUT2D eigenvalue weighted by atomic mass is 9.93. The molecule has 0 radical (unpaired) electrons. The molecule has 1 aliphatic heterocycles. The molecule has 1 amide bonds. The summed E-state index contributed by atoms with van der Waals surface area (Å²) in [4.78, 5) is 22.3. The average molecular weight is 328 g/mol. The van der Waals surface area contributed by atoms with Gasteiger partial charge in [0.25, 0.3) is 5.69 Å². The van der Waals surface area contributed by atoms with Crippen LogP contribution in [0.3, 0.4) is 0 Å². The third kappa shape index (κ3) is 4.68. The fourth-order valence-electron chi connectivity index (χ4n) is 2.63. The number of carbonyl (C=O) groups is 1. The second kappa shape index (κ2) is 7.56. The number of nitro groups is 1. The van der Waals surface area contributed by atoms with E-state index in [0.717, 1.165) is 24.9 Å². The van der Waals surface area contributed by atoms with E-state index in [0.29, 0.717) is 6.42 Å². The van der Waals surface area contributed by atoms with Gasteiger partial charge in [0, 0.05) is 24.6 Å². The standard InChI is InChI=1S/C15H21N3O3.ClH/c1-15(2,11-5-7-13(8-6-11)18(20)21)17-14(19)10-12-4-3-9-16-12;/h5-8,12,16H,3-4,9-10H2,1-2H3,(H,17,19);1H. The lowest BCUT2D eigenvalue weighted by molar-refractivity contribution is -0.384. The maximum absolute atomic E-state index is 12.1. The predicted octanol–water partition coefficient (Wildman–Crippen LogP) is 2.51. The third-order valence-corrected chi connectivity index (χ3v) is 3.85. The summed E-state index contributed by atoms with van der Waals surface area (Å²) >= 11 is 0. The summed E-state index contributed by atoms with van der Waals surface area (Å²) in [7, 11) is 0. The molecule has 1 aromatic carbocycles. The molecule has 1 aliphatic rings. The minimum atomic E-state index is -0.551. The molecule has 22 heavy (non-hydrogen) atoms. The van der Waals surface area contributed by atoms with Crippen molar-refractivity contribution in [3.8, 4) is 0 Å². The zero-order valence-electron chi connectivity index (χ0n) is 12.8. The van der Waals surface area contributed by atoms with Crippen molar-refractivity contribution in [3.05, 3.63) is 39.9 Å². The summed E-state index contributed by atoms with van der Waals surface area (Å²) in [6, 6.07) is 6.56. The van der Waals surface area contributed by atoms with Crippen molar-refractivity contribution < 1.29 is 9.72 Å². The maximum Gasteiger partial charge on any atom is 0.269 e. The molecule has 0 bridgehead atoms. The topological polar surface area (TPSA) is 84.3 Å². The smallest absolute Gasteiger partial charge is 0.269 e. The van der Waals surface area contributed by atoms with Crippen molar-refractivity contribution in [2.24, 2.45) is 0 Å². The number of non-ortho nitro benzene ring substituents is 1. The molecule has 2 rings (SSSR count). The molecule has 2 N–H and O–H groups in total. The van der Waals surface area contributed by atoms with Crippen LogP contribution < -0.4 is 10.6 Å². The maximum atomic E-state index is 12.1. The van der Waals surface area contributed by atoms with Crippen molar-refractivity contribution in [1.29, 1.82) is 0 Å². The third-order valence-electron chi connectivity index (χ3n) is 3.85. The first-order chi connectivity index (χ1) is 9.88. The van der Waals surface area contributed by atoms with Crippen molar-refractivity contribution in [1.82, 2.24) is 10.6 Å². The lowest BCUT2D eigenvalue weighted by Gasteiger charge is -2.27. The fraction of sp³-hybridized carbons (Fsp3) is 0.533. The van der Waals surface area contributed by atoms with Crippen LogP contribution in [0.4, 0.5) is 5.69 Å². The molecule has 0 spiro atoms. The predicted molar refractivity (Wildman–Crippen MR) is 87.2 cm³/mol. The number of carbonyl (C=O) groups excluding carboxylic acids is 1. The number of nitrogens with zero attached hydrogens (tertiary/aromatic N) is 1. The van der Waals surface area contributed by atoms with Crippen LogP contribution >= 0.6 is 12.4 Å². The van der Waals surface area contributed by atoms with Crippen LogP contribution in [-0.4, -0.2) is 23.4 Å². The number of amides is 1. The highest BCUT2D eigenvalue weighted by molar-refractivity contribution is 5.85. The van der Waals surface area contributed by atoms with E-state index in [9.17, 15) is 14.9 Å². The molecule has 0 aliphatic carbocycles. The highest BCUT2D eigenvalue weighted by atomic mass is 35.5. The molecule has 0 saturated carbocycles. The number of hydrogen-bond acceptors (Lipinski definition) is 4. The Morgan fingerprint density at radius 1 is 1.41 bits per heavy atom. The Morgan fingerprint density at radius 3 is 2.55 bits per heavy atom. The van der Waals surface area contributed by atoms with Gasteiger partial charge in [0.05, 0.1) is 10.5 Å². The van der Waals surface area contributed by atoms with Gasteiger partial charge in [0.15, 0.2) is 0 Å². The largest absolute Gasteiger partial charge is 0.347 e. The minimum absolute atomic E-state index is 0. The van der Waals surface area contributed by atoms with Crippen molar-refractivity contribution in [3.63, 3.8) is 0 Å². The van der Waals surface area contributed by atoms with Gasteiger partial charge in [-0.05, 0) is 50.9 Å². The van der Waals surface area contributed by atoms with Gasteiger partial charge in [-0.25, -0.2) is 0 Å². The summed E-state index contributed by atoms with van der Waals surface area (Å²) in [5.74, 6) is -0.00208. The summed E-state index contributed by atoms with van der Waals surface area (Å²) in [6.07, 6.45) is 2.62. The van der Waals surface area contributed by atoms with Gasteiger partial charge in [-0.3, -0.25) is 14.9 Å². The summed E-state index contributed by atoms with van der Waals surface area (Å²) in [5, 5.41) is 17.0. The zero-order valence-corrected chi connectivity index (χ0v) is 13.6. The molecule has 1 aromatic rings. The molecule has 1 saturated heterocycles. The van der Waals surface area contributed by atoms with Crippen LogP contribution in [0.25, 0.3) is 0 Å². The first kappa shape index (κ1) is 18.4. The molecule has 1 fully saturated rings. The van der Waals surface area contributed by atoms with E-state index in [2.05, 4.69) is 10.6 Å². The Morgan fingerprint density at radius 2 is 2.05 bits per heavy atom. The summed E-state index contributed by atoms with van der Waals surface area (Å²) in [6.45, 7) is 4.77. The zero-order chi connectivity index (χ0) is 15.5. The summed E-state index contributed by atoms with van der Waals surface area (Å²) < 4.78 is 0. The van der Waals surface area contributed by atoms with Gasteiger partial charge in [-0.15, -0.1) is 12.4 Å². The van der Waals surface area contributed by atoms with Gasteiger partial charge >= 0.3 is 0 Å². The van der Waals surface area contributed by atoms with Crippen molar-refractivity contribution in [2.75, 3.05) is 6.54 Å². The van der Waals surface area contributed by atoms with Crippen LogP contribution in [0.15, 0.2) is 24.3 Å². The van der Waals surface area contributed by atoms with Gasteiger partial charge in [-0.1, -0.05) is 0 Å². The van der Waals surface area contributed by atoms with Crippen LogP contribution in [0, 0.1) is 10.1 Å². The number of benzene rings is 1. The lowest BCUT2D eigenvalue weighted by Crippen LogP contribution is -2.43. The van der Waals surface area contributed by atoms with E-state index >= 15 is 0 Å². The molecule has 122 valence electrons. The van der Waals surface area contributed by atoms with Crippen LogP contribution in [0.1, 0.15) is 38.7 Å². The van der Waals surface area contributed by atoms with Gasteiger partial charge in [0.2, 0.25) is 5.91 Å². The average Bonchev–Trinajstić information content (AvgIpc) is 2.90. The van der Waals surface area contributed by atoms with Gasteiger partial charge < -0.3 is 10.6 Å². The van der Waals surface area contributed by atoms with Crippen LogP contribution in [0.5, 0.6) is 0 Å². The molecule has 0 aromatic heterocycles. The van der Waals surface area contributed by atoms with Gasteiger partial charge in [-0.2, -0.15) is 0 Å². The molecule has 1 atom stereocenters. The Balaban J connectivity index is 0.00000242. The first-order valence-corrected chi connectivity index (χ1v) is 7.18. The Bertz CT molecular complexity index is 525. The Kier molecular flexibility index (Phi) is 6.32. The van der Waals surface area contributed by atoms with E-state index in [1.165, 1.54) is 12.1 Å². The quantitative estimate of drug-likeness (QED) is 0.643. The molecule has 1 heterocycles. The number of hydrogen-bond donors (Lipinski definition) is 2. The number of nitrogens with one attached hydrogen (secondary N) is 2. The Hall–Kier alpha value is -1.66. The van der Waals surface area contributed by atoms with E-state index in [1.807, 2.05) is 13.8 Å². The number of nitro benzene ring substituents is 1.